The molecule has 2 aliphatic heterocycles. The second kappa shape index (κ2) is 12.4. The fraction of sp³-hybridized carbons (Fsp3) is 0.588. The molecule has 4 aliphatic rings. The van der Waals surface area contributed by atoms with Gasteiger partial charge < -0.3 is 20.3 Å². The van der Waals surface area contributed by atoms with E-state index in [1.807, 2.05) is 48.4 Å². The molecule has 220 valence electrons. The zero-order valence-electron chi connectivity index (χ0n) is 24.2. The van der Waals surface area contributed by atoms with Crippen molar-refractivity contribution in [3.05, 3.63) is 70.2 Å². The van der Waals surface area contributed by atoms with Gasteiger partial charge in [-0.1, -0.05) is 60.8 Å². The molecule has 2 amide bonds. The second-order valence-electron chi connectivity index (χ2n) is 13.0. The number of methoxy groups -OCH3 is 1. The number of amides is 2. The number of benzene rings is 2. The van der Waals surface area contributed by atoms with Crippen LogP contribution in [-0.2, 0) is 33.7 Å². The minimum Gasteiger partial charge on any atom is -0.384 e. The third kappa shape index (κ3) is 6.07. The van der Waals surface area contributed by atoms with Gasteiger partial charge in [0.25, 0.3) is 0 Å². The highest BCUT2D eigenvalue weighted by atomic mass is 35.5. The minimum absolute atomic E-state index is 0.0333. The third-order valence-electron chi connectivity index (χ3n) is 10.7. The van der Waals surface area contributed by atoms with Crippen LogP contribution in [0.5, 0.6) is 0 Å². The van der Waals surface area contributed by atoms with E-state index in [2.05, 4.69) is 22.8 Å². The molecule has 2 heterocycles. The van der Waals surface area contributed by atoms with Crippen molar-refractivity contribution in [2.24, 2.45) is 23.2 Å². The van der Waals surface area contributed by atoms with E-state index in [1.54, 1.807) is 0 Å². The van der Waals surface area contributed by atoms with Crippen molar-refractivity contribution in [2.45, 2.75) is 76.4 Å². The highest BCUT2D eigenvalue weighted by Crippen LogP contribution is 2.60. The van der Waals surface area contributed by atoms with E-state index < -0.39 is 6.04 Å². The van der Waals surface area contributed by atoms with Gasteiger partial charge in [-0.3, -0.25) is 9.59 Å². The lowest BCUT2D eigenvalue weighted by Gasteiger charge is -2.46. The molecular formula is C34H44ClN3O3. The zero-order valence-corrected chi connectivity index (χ0v) is 25.0. The predicted octanol–water partition coefficient (Wildman–Crippen LogP) is 5.16. The number of hydrogen-bond donors (Lipinski definition) is 2. The molecule has 41 heavy (non-hydrogen) atoms. The lowest BCUT2D eigenvalue weighted by atomic mass is 9.65. The molecule has 6 nitrogen and oxygen atoms in total. The Morgan fingerprint density at radius 2 is 1.80 bits per heavy atom. The first-order valence-corrected chi connectivity index (χ1v) is 16.0. The van der Waals surface area contributed by atoms with Crippen LogP contribution in [0.2, 0.25) is 5.02 Å². The van der Waals surface area contributed by atoms with Gasteiger partial charge in [-0.15, -0.1) is 0 Å². The zero-order chi connectivity index (χ0) is 28.4. The highest BCUT2D eigenvalue weighted by Gasteiger charge is 2.54. The number of ether oxygens (including phenoxy) is 1. The molecule has 2 aliphatic carbocycles. The molecule has 2 saturated carbocycles. The van der Waals surface area contributed by atoms with Crippen LogP contribution in [0.4, 0.5) is 0 Å². The molecule has 2 aromatic carbocycles. The number of likely N-dealkylation sites (tertiary alicyclic amines) is 1. The fourth-order valence-corrected chi connectivity index (χ4v) is 8.77. The van der Waals surface area contributed by atoms with Gasteiger partial charge in [0.2, 0.25) is 11.8 Å². The van der Waals surface area contributed by atoms with Crippen LogP contribution in [-0.4, -0.2) is 55.6 Å². The summed E-state index contributed by atoms with van der Waals surface area (Å²) in [6.45, 7) is 3.05. The molecule has 1 spiro atoms. The number of nitrogens with zero attached hydrogens (tertiary/aromatic N) is 1. The Bertz CT molecular complexity index is 1230. The lowest BCUT2D eigenvalue weighted by Crippen LogP contribution is -2.57. The number of fused-ring (bicyclic) bond motifs is 3. The summed E-state index contributed by atoms with van der Waals surface area (Å²) in [5, 5.41) is 7.21. The summed E-state index contributed by atoms with van der Waals surface area (Å²) in [7, 11) is 1.83. The largest absolute Gasteiger partial charge is 0.384 e. The standard InChI is InChI=1S/C34H44ClN3O3/c1-41-22-26-20-34(29-9-5-4-8-28(26)29)14-16-38(17-15-34)33(40)31(18-23-10-12-27(35)13-11-23)37-32(39)30-19-24-6-2-3-7-25(24)21-36-30/h2-3,6-7,10-13,26,28-31,36H,4-5,8-9,14-22H2,1H3,(H,37,39)/t26-,28?,29?,30+,31-/m0/s1. The Balaban J connectivity index is 1.15. The van der Waals surface area contributed by atoms with Crippen molar-refractivity contribution in [3.8, 4) is 0 Å². The van der Waals surface area contributed by atoms with Crippen molar-refractivity contribution in [1.82, 2.24) is 15.5 Å². The van der Waals surface area contributed by atoms with E-state index in [4.69, 9.17) is 16.3 Å². The summed E-state index contributed by atoms with van der Waals surface area (Å²) in [5.74, 6) is 2.11. The number of piperidine rings is 1. The normalized spacial score (nSPS) is 27.6. The summed E-state index contributed by atoms with van der Waals surface area (Å²) in [6, 6.07) is 14.9. The maximum atomic E-state index is 14.1. The number of rotatable bonds is 7. The molecule has 0 bridgehead atoms. The van der Waals surface area contributed by atoms with E-state index in [0.717, 1.165) is 49.9 Å². The first-order valence-electron chi connectivity index (χ1n) is 15.6. The summed E-state index contributed by atoms with van der Waals surface area (Å²) >= 11 is 6.14. The van der Waals surface area contributed by atoms with Crippen LogP contribution < -0.4 is 10.6 Å². The molecule has 0 radical (unpaired) electrons. The molecule has 2 aromatic rings. The average Bonchev–Trinajstić information content (AvgIpc) is 3.30. The van der Waals surface area contributed by atoms with Gasteiger partial charge in [0.05, 0.1) is 6.04 Å². The predicted molar refractivity (Wildman–Crippen MR) is 162 cm³/mol. The van der Waals surface area contributed by atoms with Gasteiger partial charge in [0, 0.05) is 44.8 Å². The Morgan fingerprint density at radius 1 is 1.07 bits per heavy atom. The van der Waals surface area contributed by atoms with Crippen molar-refractivity contribution in [3.63, 3.8) is 0 Å². The van der Waals surface area contributed by atoms with Crippen LogP contribution in [0.25, 0.3) is 0 Å². The summed E-state index contributed by atoms with van der Waals surface area (Å²) in [6.07, 6.45) is 9.76. The van der Waals surface area contributed by atoms with Crippen molar-refractivity contribution >= 4 is 23.4 Å². The quantitative estimate of drug-likeness (QED) is 0.477. The van der Waals surface area contributed by atoms with E-state index in [9.17, 15) is 9.59 Å². The fourth-order valence-electron chi connectivity index (χ4n) is 8.64. The number of halogens is 1. The summed E-state index contributed by atoms with van der Waals surface area (Å²) in [4.78, 5) is 29.6. The van der Waals surface area contributed by atoms with Gasteiger partial charge in [-0.05, 0) is 90.5 Å². The van der Waals surface area contributed by atoms with Crippen LogP contribution in [0, 0.1) is 23.2 Å². The van der Waals surface area contributed by atoms with Crippen molar-refractivity contribution in [2.75, 3.05) is 26.8 Å². The number of carbonyl (C=O) groups excluding carboxylic acids is 2. The van der Waals surface area contributed by atoms with E-state index >= 15 is 0 Å². The van der Waals surface area contributed by atoms with Crippen molar-refractivity contribution in [1.29, 1.82) is 0 Å². The minimum atomic E-state index is -0.607. The molecule has 2 unspecified atom stereocenters. The number of carbonyl (C=O) groups is 2. The van der Waals surface area contributed by atoms with Crippen LogP contribution in [0.15, 0.2) is 48.5 Å². The molecule has 2 N–H and O–H groups in total. The molecule has 5 atom stereocenters. The monoisotopic (exact) mass is 577 g/mol. The van der Waals surface area contributed by atoms with Gasteiger partial charge >= 0.3 is 0 Å². The van der Waals surface area contributed by atoms with Crippen LogP contribution >= 0.6 is 11.6 Å². The van der Waals surface area contributed by atoms with E-state index in [1.165, 1.54) is 43.2 Å². The molecule has 1 saturated heterocycles. The summed E-state index contributed by atoms with van der Waals surface area (Å²) < 4.78 is 5.65. The van der Waals surface area contributed by atoms with Crippen LogP contribution in [0.1, 0.15) is 61.6 Å². The number of nitrogens with one attached hydrogen (secondary N) is 2. The van der Waals surface area contributed by atoms with Gasteiger partial charge in [-0.2, -0.15) is 0 Å². The Morgan fingerprint density at radius 3 is 2.56 bits per heavy atom. The third-order valence-corrected chi connectivity index (χ3v) is 10.9. The molecule has 6 rings (SSSR count). The summed E-state index contributed by atoms with van der Waals surface area (Å²) in [5.41, 5.74) is 3.75. The maximum Gasteiger partial charge on any atom is 0.245 e. The first-order chi connectivity index (χ1) is 20.0. The van der Waals surface area contributed by atoms with E-state index in [0.29, 0.717) is 35.7 Å². The van der Waals surface area contributed by atoms with Crippen LogP contribution in [0.3, 0.4) is 0 Å². The second-order valence-corrected chi connectivity index (χ2v) is 13.4. The molecule has 0 aromatic heterocycles. The lowest BCUT2D eigenvalue weighted by molar-refractivity contribution is -0.139. The smallest absolute Gasteiger partial charge is 0.245 e. The number of hydrogen-bond acceptors (Lipinski definition) is 4. The van der Waals surface area contributed by atoms with Gasteiger partial charge in [-0.25, -0.2) is 0 Å². The van der Waals surface area contributed by atoms with Gasteiger partial charge in [0.15, 0.2) is 0 Å². The Hall–Kier alpha value is -2.41. The van der Waals surface area contributed by atoms with Crippen molar-refractivity contribution < 1.29 is 14.3 Å². The molecule has 7 heteroatoms. The topological polar surface area (TPSA) is 70.7 Å². The first kappa shape index (κ1) is 28.7. The highest BCUT2D eigenvalue weighted by molar-refractivity contribution is 6.30. The maximum absolute atomic E-state index is 14.1. The SMILES string of the molecule is COC[C@@H]1CC2(CCN(C(=O)[C@H](Cc3ccc(Cl)cc3)NC(=O)[C@H]3Cc4ccccc4CN3)CC2)C2CCCCC21. The Kier molecular flexibility index (Phi) is 8.71. The molecule has 3 fully saturated rings. The van der Waals surface area contributed by atoms with E-state index in [-0.39, 0.29) is 17.9 Å². The van der Waals surface area contributed by atoms with Gasteiger partial charge in [0.1, 0.15) is 6.04 Å². The molecular weight excluding hydrogens is 534 g/mol. The Labute approximate surface area is 249 Å². The average molecular weight is 578 g/mol.